The fourth-order valence-electron chi connectivity index (χ4n) is 5.37. The lowest BCUT2D eigenvalue weighted by Crippen LogP contribution is -2.42. The molecule has 254 valence electrons. The Morgan fingerprint density at radius 2 is 1.10 bits per heavy atom. The van der Waals surface area contributed by atoms with Crippen molar-refractivity contribution in [3.63, 3.8) is 0 Å². The molecule has 4 heterocycles. The van der Waals surface area contributed by atoms with E-state index in [1.54, 1.807) is 9.80 Å². The molecule has 4 aromatic rings. The molecule has 2 N–H and O–H groups in total. The molecule has 2 aromatic carbocycles. The molecule has 0 unspecified atom stereocenters. The lowest BCUT2D eigenvalue weighted by Gasteiger charge is -2.29. The number of nitro benzene ring substituents is 2. The number of morpholine rings is 2. The predicted octanol–water partition coefficient (Wildman–Crippen LogP) is -0.0470. The zero-order chi connectivity index (χ0) is 34.3. The molecular weight excluding hydrogens is 663 g/mol. The number of H-pyrrole nitrogens is 2. The number of nitrogens with zero attached hydrogens (tertiary/aromatic N) is 6. The third kappa shape index (κ3) is 5.89. The Morgan fingerprint density at radius 3 is 1.44 bits per heavy atom. The van der Waals surface area contributed by atoms with Crippen LogP contribution in [0.4, 0.5) is 22.7 Å². The fraction of sp³-hybridized carbons (Fsp3) is 0.385. The SMILES string of the molecule is CCP(=O)(On1c(=O)c(=O)[nH]c2cc([N+](=O)[O-])c(N3CCOCC3)cc21)On1c(=O)c(=O)[nH]c2cc([N+](=O)[O-])c(N3CCOCC3)cc21. The van der Waals surface area contributed by atoms with E-state index in [0.29, 0.717) is 9.46 Å². The lowest BCUT2D eigenvalue weighted by molar-refractivity contribution is -0.384. The third-order valence-corrected chi connectivity index (χ3v) is 9.37. The number of hydrogen-bond donors (Lipinski definition) is 2. The van der Waals surface area contributed by atoms with Gasteiger partial charge in [0.25, 0.3) is 11.4 Å². The molecule has 0 atom stereocenters. The highest BCUT2D eigenvalue weighted by molar-refractivity contribution is 7.54. The summed E-state index contributed by atoms with van der Waals surface area (Å²) in [5.41, 5.74) is -6.85. The van der Waals surface area contributed by atoms with E-state index in [1.807, 2.05) is 0 Å². The molecule has 0 amide bonds. The lowest BCUT2D eigenvalue weighted by atomic mass is 10.2. The van der Waals surface area contributed by atoms with Gasteiger partial charge in [0.15, 0.2) is 0 Å². The minimum absolute atomic E-state index is 0.0564. The molecule has 0 spiro atoms. The van der Waals surface area contributed by atoms with E-state index in [1.165, 1.54) is 19.1 Å². The Labute approximate surface area is 266 Å². The van der Waals surface area contributed by atoms with Crippen LogP contribution in [0.2, 0.25) is 0 Å². The van der Waals surface area contributed by atoms with Crippen LogP contribution in [0.15, 0.2) is 43.4 Å². The number of fused-ring (bicyclic) bond motifs is 2. The van der Waals surface area contributed by atoms with Gasteiger partial charge in [-0.25, -0.2) is 4.57 Å². The van der Waals surface area contributed by atoms with Gasteiger partial charge in [-0.1, -0.05) is 6.92 Å². The van der Waals surface area contributed by atoms with Gasteiger partial charge in [-0.2, -0.15) is 0 Å². The molecule has 2 saturated heterocycles. The summed E-state index contributed by atoms with van der Waals surface area (Å²) < 4.78 is 36.7. The van der Waals surface area contributed by atoms with Crippen molar-refractivity contribution in [3.8, 4) is 0 Å². The van der Waals surface area contributed by atoms with Crippen LogP contribution in [0.1, 0.15) is 6.92 Å². The van der Waals surface area contributed by atoms with Gasteiger partial charge in [-0.3, -0.25) is 39.4 Å². The number of nitro groups is 2. The van der Waals surface area contributed by atoms with Gasteiger partial charge in [-0.15, -0.1) is 9.46 Å². The average Bonchev–Trinajstić information content (AvgIpc) is 3.08. The molecule has 2 aliphatic heterocycles. The molecule has 22 heteroatoms. The summed E-state index contributed by atoms with van der Waals surface area (Å²) in [5.74, 6) is 0. The van der Waals surface area contributed by atoms with Crippen molar-refractivity contribution in [1.29, 1.82) is 0 Å². The second-order valence-electron chi connectivity index (χ2n) is 10.6. The van der Waals surface area contributed by atoms with Crippen molar-refractivity contribution in [2.45, 2.75) is 6.92 Å². The van der Waals surface area contributed by atoms with Crippen molar-refractivity contribution >= 4 is 52.4 Å². The van der Waals surface area contributed by atoms with Gasteiger partial charge in [0.2, 0.25) is 0 Å². The number of nitrogens with one attached hydrogen (secondary N) is 2. The number of aromatic nitrogens is 4. The summed E-state index contributed by atoms with van der Waals surface area (Å²) >= 11 is 0. The molecule has 21 nitrogen and oxygen atoms in total. The minimum Gasteiger partial charge on any atom is -0.378 e. The van der Waals surface area contributed by atoms with Crippen LogP contribution >= 0.6 is 7.60 Å². The van der Waals surface area contributed by atoms with Crippen molar-refractivity contribution in [2.75, 3.05) is 68.6 Å². The standard InChI is InChI=1S/C26H27N8O13P/c1-2-48(43,46-31-17-13-19(29-3-7-44-8-4-29)21(33(39)40)11-15(17)27-23(35)25(31)37)47-32-18-14-20(30-5-9-45-10-6-30)22(34(41)42)12-16(18)28-24(36)26(32)38/h11-14H,2-10H2,1H3,(H,27,35)(H,28,36). The summed E-state index contributed by atoms with van der Waals surface area (Å²) in [7, 11) is -4.72. The third-order valence-electron chi connectivity index (χ3n) is 7.77. The van der Waals surface area contributed by atoms with Crippen LogP contribution in [0.25, 0.3) is 22.1 Å². The van der Waals surface area contributed by atoms with E-state index in [2.05, 4.69) is 9.97 Å². The maximum Gasteiger partial charge on any atom is 0.467 e. The molecule has 2 aromatic heterocycles. The maximum absolute atomic E-state index is 14.2. The summed E-state index contributed by atoms with van der Waals surface area (Å²) in [4.78, 5) is 81.9. The van der Waals surface area contributed by atoms with Crippen LogP contribution in [-0.4, -0.2) is 88.0 Å². The minimum atomic E-state index is -4.72. The Hall–Kier alpha value is -5.53. The predicted molar refractivity (Wildman–Crippen MR) is 168 cm³/mol. The van der Waals surface area contributed by atoms with Gasteiger partial charge >= 0.3 is 29.8 Å². The van der Waals surface area contributed by atoms with Gasteiger partial charge in [0.05, 0.1) is 53.5 Å². The highest BCUT2D eigenvalue weighted by Gasteiger charge is 2.33. The zero-order valence-corrected chi connectivity index (χ0v) is 26.0. The maximum atomic E-state index is 14.2. The van der Waals surface area contributed by atoms with Crippen molar-refractivity contribution in [3.05, 3.63) is 85.9 Å². The largest absolute Gasteiger partial charge is 0.467 e. The number of aromatic amines is 2. The molecule has 48 heavy (non-hydrogen) atoms. The molecule has 0 radical (unpaired) electrons. The van der Waals surface area contributed by atoms with Gasteiger partial charge < -0.3 is 38.5 Å². The number of hydrogen-bond acceptors (Lipinski definition) is 15. The van der Waals surface area contributed by atoms with E-state index < -0.39 is 57.2 Å². The molecule has 0 saturated carbocycles. The average molecular weight is 691 g/mol. The van der Waals surface area contributed by atoms with Crippen molar-refractivity contribution in [1.82, 2.24) is 19.4 Å². The smallest absolute Gasteiger partial charge is 0.378 e. The van der Waals surface area contributed by atoms with Crippen LogP contribution < -0.4 is 41.3 Å². The van der Waals surface area contributed by atoms with Gasteiger partial charge in [0.1, 0.15) is 22.4 Å². The summed E-state index contributed by atoms with van der Waals surface area (Å²) in [6.45, 7) is 3.42. The summed E-state index contributed by atoms with van der Waals surface area (Å²) in [5, 5.41) is 23.9. The second kappa shape index (κ2) is 12.6. The van der Waals surface area contributed by atoms with E-state index in [4.69, 9.17) is 18.7 Å². The molecule has 2 aliphatic rings. The van der Waals surface area contributed by atoms with Crippen molar-refractivity contribution < 1.29 is 33.1 Å². The first-order chi connectivity index (χ1) is 22.9. The van der Waals surface area contributed by atoms with Crippen LogP contribution in [0.3, 0.4) is 0 Å². The van der Waals surface area contributed by atoms with Crippen molar-refractivity contribution in [2.24, 2.45) is 0 Å². The van der Waals surface area contributed by atoms with E-state index in [0.717, 1.165) is 12.1 Å². The zero-order valence-electron chi connectivity index (χ0n) is 25.1. The Bertz CT molecular complexity index is 2100. The first kappa shape index (κ1) is 32.4. The first-order valence-electron chi connectivity index (χ1n) is 14.5. The molecule has 2 fully saturated rings. The highest BCUT2D eigenvalue weighted by atomic mass is 31.2. The normalized spacial score (nSPS) is 15.5. The highest BCUT2D eigenvalue weighted by Crippen LogP contribution is 2.42. The fourth-order valence-corrected chi connectivity index (χ4v) is 6.45. The van der Waals surface area contributed by atoms with E-state index in [9.17, 15) is 44.0 Å². The van der Waals surface area contributed by atoms with Gasteiger partial charge in [0, 0.05) is 38.3 Å². The summed E-state index contributed by atoms with van der Waals surface area (Å²) in [6, 6.07) is 4.46. The Morgan fingerprint density at radius 1 is 0.729 bits per heavy atom. The van der Waals surface area contributed by atoms with E-state index >= 15 is 0 Å². The molecule has 6 rings (SSSR count). The number of benzene rings is 2. The topological polar surface area (TPSA) is 256 Å². The van der Waals surface area contributed by atoms with E-state index in [-0.39, 0.29) is 86.0 Å². The van der Waals surface area contributed by atoms with Gasteiger partial charge in [-0.05, 0) is 12.1 Å². The van der Waals surface area contributed by atoms with Crippen LogP contribution in [-0.2, 0) is 14.0 Å². The number of ether oxygens (including phenoxy) is 2. The molecular formula is C26H27N8O13P. The first-order valence-corrected chi connectivity index (χ1v) is 16.2. The van der Waals surface area contributed by atoms with Crippen LogP contribution in [0.5, 0.6) is 0 Å². The molecule has 0 aliphatic carbocycles. The van der Waals surface area contributed by atoms with Crippen LogP contribution in [0, 0.1) is 20.2 Å². The number of rotatable bonds is 9. The summed E-state index contributed by atoms with van der Waals surface area (Å²) in [6.07, 6.45) is -0.527. The monoisotopic (exact) mass is 690 g/mol. The quantitative estimate of drug-likeness (QED) is 0.101. The Balaban J connectivity index is 1.50. The second-order valence-corrected chi connectivity index (χ2v) is 12.8. The number of anilines is 2. The Kier molecular flexibility index (Phi) is 8.50. The molecule has 0 bridgehead atoms.